The molecule has 1 aromatic rings. The number of nitrogens with two attached hydrogens (primary N) is 1. The van der Waals surface area contributed by atoms with Crippen LogP contribution in [0.2, 0.25) is 0 Å². The molecule has 20 heavy (non-hydrogen) atoms. The molecule has 0 aliphatic rings. The Hall–Kier alpha value is -1.59. The number of rotatable bonds is 8. The van der Waals surface area contributed by atoms with Crippen molar-refractivity contribution in [1.82, 2.24) is 0 Å². The first kappa shape index (κ1) is 16.5. The minimum absolute atomic E-state index is 0.0219. The standard InChI is InChI=1S/C15H24N2O3/c1-4-12(16)8-11-6-7-13(14(9-11)20-5-2)17-15(18)10-19-3/h6-7,9,12H,4-5,8,10,16H2,1-3H3,(H,17,18). The van der Waals surface area contributed by atoms with E-state index < -0.39 is 0 Å². The van der Waals surface area contributed by atoms with E-state index in [9.17, 15) is 4.79 Å². The molecule has 1 rings (SSSR count). The van der Waals surface area contributed by atoms with E-state index in [0.717, 1.165) is 18.4 Å². The highest BCUT2D eigenvalue weighted by molar-refractivity contribution is 5.93. The van der Waals surface area contributed by atoms with Crippen LogP contribution in [0.1, 0.15) is 25.8 Å². The minimum atomic E-state index is -0.202. The molecule has 0 fully saturated rings. The Labute approximate surface area is 120 Å². The highest BCUT2D eigenvalue weighted by Gasteiger charge is 2.10. The molecule has 0 radical (unpaired) electrons. The molecule has 0 saturated carbocycles. The second-order valence-corrected chi connectivity index (χ2v) is 4.62. The average Bonchev–Trinajstić information content (AvgIpc) is 2.42. The Morgan fingerprint density at radius 1 is 1.40 bits per heavy atom. The third-order valence-corrected chi connectivity index (χ3v) is 2.92. The van der Waals surface area contributed by atoms with Crippen LogP contribution in [-0.4, -0.2) is 32.3 Å². The number of amides is 1. The number of carbonyl (C=O) groups excluding carboxylic acids is 1. The van der Waals surface area contributed by atoms with Crippen LogP contribution in [0, 0.1) is 0 Å². The van der Waals surface area contributed by atoms with Crippen LogP contribution in [0.15, 0.2) is 18.2 Å². The highest BCUT2D eigenvalue weighted by atomic mass is 16.5. The number of hydrogen-bond acceptors (Lipinski definition) is 4. The van der Waals surface area contributed by atoms with E-state index >= 15 is 0 Å². The number of benzene rings is 1. The summed E-state index contributed by atoms with van der Waals surface area (Å²) in [5.74, 6) is 0.462. The molecular formula is C15H24N2O3. The summed E-state index contributed by atoms with van der Waals surface area (Å²) in [6, 6.07) is 5.87. The van der Waals surface area contributed by atoms with Crippen molar-refractivity contribution < 1.29 is 14.3 Å². The van der Waals surface area contributed by atoms with E-state index in [4.69, 9.17) is 15.2 Å². The fourth-order valence-corrected chi connectivity index (χ4v) is 1.84. The molecule has 0 aliphatic heterocycles. The van der Waals surface area contributed by atoms with E-state index in [2.05, 4.69) is 12.2 Å². The van der Waals surface area contributed by atoms with Crippen molar-refractivity contribution in [3.8, 4) is 5.75 Å². The van der Waals surface area contributed by atoms with Crippen LogP contribution >= 0.6 is 0 Å². The number of methoxy groups -OCH3 is 1. The van der Waals surface area contributed by atoms with Crippen molar-refractivity contribution in [1.29, 1.82) is 0 Å². The normalized spacial score (nSPS) is 12.0. The largest absolute Gasteiger partial charge is 0.492 e. The van der Waals surface area contributed by atoms with Crippen molar-refractivity contribution >= 4 is 11.6 Å². The second-order valence-electron chi connectivity index (χ2n) is 4.62. The predicted molar refractivity (Wildman–Crippen MR) is 80.1 cm³/mol. The van der Waals surface area contributed by atoms with Gasteiger partial charge in [-0.3, -0.25) is 4.79 Å². The van der Waals surface area contributed by atoms with E-state index in [-0.39, 0.29) is 18.6 Å². The molecule has 0 bridgehead atoms. The van der Waals surface area contributed by atoms with Crippen molar-refractivity contribution in [3.63, 3.8) is 0 Å². The van der Waals surface area contributed by atoms with Gasteiger partial charge in [-0.2, -0.15) is 0 Å². The topological polar surface area (TPSA) is 73.6 Å². The van der Waals surface area contributed by atoms with Crippen LogP contribution < -0.4 is 15.8 Å². The lowest BCUT2D eigenvalue weighted by Crippen LogP contribution is -2.21. The van der Waals surface area contributed by atoms with Gasteiger partial charge in [-0.15, -0.1) is 0 Å². The molecule has 0 spiro atoms. The summed E-state index contributed by atoms with van der Waals surface area (Å²) < 4.78 is 10.4. The SMILES string of the molecule is CCOc1cc(CC(N)CC)ccc1NC(=O)COC. The highest BCUT2D eigenvalue weighted by Crippen LogP contribution is 2.26. The molecule has 1 amide bonds. The fraction of sp³-hybridized carbons (Fsp3) is 0.533. The summed E-state index contributed by atoms with van der Waals surface area (Å²) in [5.41, 5.74) is 7.72. The molecule has 3 N–H and O–H groups in total. The monoisotopic (exact) mass is 280 g/mol. The van der Waals surface area contributed by atoms with Gasteiger partial charge in [-0.1, -0.05) is 13.0 Å². The molecule has 1 aromatic carbocycles. The number of ether oxygens (including phenoxy) is 2. The minimum Gasteiger partial charge on any atom is -0.492 e. The first-order valence-electron chi connectivity index (χ1n) is 6.90. The van der Waals surface area contributed by atoms with E-state index in [1.165, 1.54) is 7.11 Å². The zero-order valence-electron chi connectivity index (χ0n) is 12.4. The van der Waals surface area contributed by atoms with Crippen LogP contribution in [0.3, 0.4) is 0 Å². The van der Waals surface area contributed by atoms with Gasteiger partial charge in [-0.25, -0.2) is 0 Å². The third kappa shape index (κ3) is 5.19. The summed E-state index contributed by atoms with van der Waals surface area (Å²) in [6.07, 6.45) is 1.72. The lowest BCUT2D eigenvalue weighted by atomic mass is 10.0. The average molecular weight is 280 g/mol. The third-order valence-electron chi connectivity index (χ3n) is 2.92. The van der Waals surface area contributed by atoms with E-state index in [1.54, 1.807) is 0 Å². The van der Waals surface area contributed by atoms with Gasteiger partial charge in [0.1, 0.15) is 12.4 Å². The molecule has 5 nitrogen and oxygen atoms in total. The smallest absolute Gasteiger partial charge is 0.250 e. The Morgan fingerprint density at radius 2 is 2.15 bits per heavy atom. The van der Waals surface area contributed by atoms with Crippen molar-refractivity contribution in [2.24, 2.45) is 5.73 Å². The van der Waals surface area contributed by atoms with Gasteiger partial charge in [0.2, 0.25) is 5.91 Å². The number of anilines is 1. The lowest BCUT2D eigenvalue weighted by molar-refractivity contribution is -0.119. The summed E-state index contributed by atoms with van der Waals surface area (Å²) in [7, 11) is 1.48. The Bertz CT molecular complexity index is 435. The van der Waals surface area contributed by atoms with Crippen molar-refractivity contribution in [3.05, 3.63) is 23.8 Å². The maximum absolute atomic E-state index is 11.6. The molecule has 1 atom stereocenters. The van der Waals surface area contributed by atoms with Crippen molar-refractivity contribution in [2.45, 2.75) is 32.7 Å². The zero-order valence-corrected chi connectivity index (χ0v) is 12.4. The van der Waals surface area contributed by atoms with Crippen LogP contribution in [-0.2, 0) is 16.0 Å². The number of nitrogens with one attached hydrogen (secondary N) is 1. The van der Waals surface area contributed by atoms with Crippen LogP contribution in [0.5, 0.6) is 5.75 Å². The molecule has 5 heteroatoms. The van der Waals surface area contributed by atoms with Gasteiger partial charge >= 0.3 is 0 Å². The zero-order chi connectivity index (χ0) is 15.0. The molecular weight excluding hydrogens is 256 g/mol. The Kier molecular flexibility index (Phi) is 7.04. The Morgan fingerprint density at radius 3 is 2.75 bits per heavy atom. The van der Waals surface area contributed by atoms with Gasteiger partial charge in [-0.05, 0) is 37.5 Å². The second kappa shape index (κ2) is 8.55. The van der Waals surface area contributed by atoms with E-state index in [1.807, 2.05) is 25.1 Å². The number of carbonyl (C=O) groups is 1. The maximum atomic E-state index is 11.6. The van der Waals surface area contributed by atoms with Gasteiger partial charge in [0.25, 0.3) is 0 Å². The van der Waals surface area contributed by atoms with Crippen LogP contribution in [0.25, 0.3) is 0 Å². The molecule has 0 aliphatic carbocycles. The fourth-order valence-electron chi connectivity index (χ4n) is 1.84. The summed E-state index contributed by atoms with van der Waals surface area (Å²) in [4.78, 5) is 11.6. The molecule has 1 unspecified atom stereocenters. The maximum Gasteiger partial charge on any atom is 0.250 e. The summed E-state index contributed by atoms with van der Waals surface area (Å²) in [6.45, 7) is 4.53. The van der Waals surface area contributed by atoms with Crippen LogP contribution in [0.4, 0.5) is 5.69 Å². The number of hydrogen-bond donors (Lipinski definition) is 2. The lowest BCUT2D eigenvalue weighted by Gasteiger charge is -2.14. The summed E-state index contributed by atoms with van der Waals surface area (Å²) >= 11 is 0. The van der Waals surface area contributed by atoms with Gasteiger partial charge < -0.3 is 20.5 Å². The first-order chi connectivity index (χ1) is 9.60. The molecule has 112 valence electrons. The van der Waals surface area contributed by atoms with E-state index in [0.29, 0.717) is 18.0 Å². The summed E-state index contributed by atoms with van der Waals surface area (Å²) in [5, 5.41) is 2.77. The molecule has 0 aromatic heterocycles. The van der Waals surface area contributed by atoms with Gasteiger partial charge in [0.15, 0.2) is 0 Å². The quantitative estimate of drug-likeness (QED) is 0.763. The molecule has 0 saturated heterocycles. The van der Waals surface area contributed by atoms with Gasteiger partial charge in [0, 0.05) is 13.2 Å². The predicted octanol–water partition coefficient (Wildman–Crippen LogP) is 1.95. The Balaban J connectivity index is 2.86. The van der Waals surface area contributed by atoms with Crippen molar-refractivity contribution in [2.75, 3.05) is 25.6 Å². The molecule has 0 heterocycles. The van der Waals surface area contributed by atoms with Gasteiger partial charge in [0.05, 0.1) is 12.3 Å². The first-order valence-corrected chi connectivity index (χ1v) is 6.90.